The summed E-state index contributed by atoms with van der Waals surface area (Å²) >= 11 is 0. The zero-order valence-electron chi connectivity index (χ0n) is 16.4. The van der Waals surface area contributed by atoms with Crippen molar-refractivity contribution in [3.63, 3.8) is 0 Å². The largest absolute Gasteiger partial charge is 0.372 e. The van der Waals surface area contributed by atoms with Crippen molar-refractivity contribution < 1.29 is 4.79 Å². The molecular formula is C21H29N5O2. The fourth-order valence-corrected chi connectivity index (χ4v) is 3.70. The lowest BCUT2D eigenvalue weighted by Crippen LogP contribution is -2.44. The van der Waals surface area contributed by atoms with E-state index >= 15 is 0 Å². The van der Waals surface area contributed by atoms with Crippen LogP contribution in [0.5, 0.6) is 0 Å². The average Bonchev–Trinajstić information content (AvgIpc) is 2.74. The van der Waals surface area contributed by atoms with Gasteiger partial charge in [0, 0.05) is 44.5 Å². The summed E-state index contributed by atoms with van der Waals surface area (Å²) in [7, 11) is 0. The van der Waals surface area contributed by atoms with E-state index in [1.807, 2.05) is 18.2 Å². The number of benzene rings is 1. The van der Waals surface area contributed by atoms with Gasteiger partial charge in [0.25, 0.3) is 5.56 Å². The zero-order valence-corrected chi connectivity index (χ0v) is 16.4. The van der Waals surface area contributed by atoms with Crippen molar-refractivity contribution in [2.75, 3.05) is 42.5 Å². The van der Waals surface area contributed by atoms with E-state index in [-0.39, 0.29) is 17.4 Å². The molecule has 1 aliphatic rings. The van der Waals surface area contributed by atoms with Crippen LogP contribution in [0.3, 0.4) is 0 Å². The number of amides is 1. The van der Waals surface area contributed by atoms with Gasteiger partial charge in [0.15, 0.2) is 0 Å². The molecule has 2 heterocycles. The van der Waals surface area contributed by atoms with Crippen LogP contribution in [-0.2, 0) is 4.79 Å². The molecule has 0 aliphatic carbocycles. The first-order chi connectivity index (χ1) is 13.7. The summed E-state index contributed by atoms with van der Waals surface area (Å²) in [6.45, 7) is 6.15. The second-order valence-electron chi connectivity index (χ2n) is 7.15. The number of nitrogens with one attached hydrogen (secondary N) is 2. The summed E-state index contributed by atoms with van der Waals surface area (Å²) < 4.78 is 0. The Kier molecular flexibility index (Phi) is 7.06. The van der Waals surface area contributed by atoms with E-state index in [0.717, 1.165) is 44.6 Å². The van der Waals surface area contributed by atoms with Gasteiger partial charge in [-0.3, -0.25) is 9.59 Å². The summed E-state index contributed by atoms with van der Waals surface area (Å²) in [5, 5.41) is 9.34. The van der Waals surface area contributed by atoms with Crippen LogP contribution in [-0.4, -0.2) is 48.8 Å². The number of para-hydroxylation sites is 1. The second-order valence-corrected chi connectivity index (χ2v) is 7.15. The topological polar surface area (TPSA) is 81.3 Å². The van der Waals surface area contributed by atoms with E-state index in [4.69, 9.17) is 0 Å². The summed E-state index contributed by atoms with van der Waals surface area (Å²) in [6.07, 6.45) is 4.36. The smallest absolute Gasteiger partial charge is 0.266 e. The summed E-state index contributed by atoms with van der Waals surface area (Å²) in [6, 6.07) is 11.9. The Morgan fingerprint density at radius 3 is 2.93 bits per heavy atom. The quantitative estimate of drug-likeness (QED) is 0.682. The van der Waals surface area contributed by atoms with Gasteiger partial charge in [-0.15, -0.1) is 0 Å². The lowest BCUT2D eigenvalue weighted by atomic mass is 9.97. The van der Waals surface area contributed by atoms with E-state index in [9.17, 15) is 9.59 Å². The third-order valence-electron chi connectivity index (χ3n) is 5.21. The Morgan fingerprint density at radius 2 is 2.18 bits per heavy atom. The van der Waals surface area contributed by atoms with Crippen molar-refractivity contribution >= 4 is 17.3 Å². The molecule has 28 heavy (non-hydrogen) atoms. The third kappa shape index (κ3) is 5.34. The first kappa shape index (κ1) is 19.9. The molecule has 2 N–H and O–H groups in total. The molecule has 1 atom stereocenters. The predicted octanol–water partition coefficient (Wildman–Crippen LogP) is 2.02. The predicted molar refractivity (Wildman–Crippen MR) is 112 cm³/mol. The number of rotatable bonds is 8. The van der Waals surface area contributed by atoms with E-state index < -0.39 is 0 Å². The van der Waals surface area contributed by atoms with Crippen LogP contribution < -0.4 is 20.7 Å². The molecule has 0 spiro atoms. The summed E-state index contributed by atoms with van der Waals surface area (Å²) in [5.41, 5.74) is 1.77. The lowest BCUT2D eigenvalue weighted by molar-refractivity contribution is -0.125. The molecule has 1 aromatic carbocycles. The molecule has 0 saturated carbocycles. The van der Waals surface area contributed by atoms with Crippen molar-refractivity contribution in [1.82, 2.24) is 15.5 Å². The van der Waals surface area contributed by atoms with Gasteiger partial charge < -0.3 is 15.1 Å². The molecule has 150 valence electrons. The first-order valence-corrected chi connectivity index (χ1v) is 10.0. The van der Waals surface area contributed by atoms with E-state index in [1.54, 1.807) is 6.20 Å². The van der Waals surface area contributed by atoms with Crippen LogP contribution in [0, 0.1) is 5.92 Å². The maximum absolute atomic E-state index is 12.6. The van der Waals surface area contributed by atoms with Gasteiger partial charge in [-0.2, -0.15) is 5.10 Å². The molecule has 1 saturated heterocycles. The molecule has 1 unspecified atom stereocenters. The number of hydrogen-bond donors (Lipinski definition) is 2. The number of hydrogen-bond acceptors (Lipinski definition) is 5. The highest BCUT2D eigenvalue weighted by atomic mass is 16.2. The van der Waals surface area contributed by atoms with Crippen molar-refractivity contribution in [3.05, 3.63) is 52.9 Å². The highest BCUT2D eigenvalue weighted by molar-refractivity contribution is 5.79. The monoisotopic (exact) mass is 383 g/mol. The Hall–Kier alpha value is -2.83. The van der Waals surface area contributed by atoms with Gasteiger partial charge in [-0.05, 0) is 38.3 Å². The lowest BCUT2D eigenvalue weighted by Gasteiger charge is -2.33. The third-order valence-corrected chi connectivity index (χ3v) is 5.21. The van der Waals surface area contributed by atoms with Crippen LogP contribution >= 0.6 is 0 Å². The van der Waals surface area contributed by atoms with Crippen LogP contribution in [0.15, 0.2) is 47.4 Å². The van der Waals surface area contributed by atoms with Gasteiger partial charge in [-0.25, -0.2) is 5.10 Å². The molecule has 1 amide bonds. The van der Waals surface area contributed by atoms with Gasteiger partial charge in [-0.1, -0.05) is 18.2 Å². The van der Waals surface area contributed by atoms with Crippen molar-refractivity contribution in [1.29, 1.82) is 0 Å². The minimum Gasteiger partial charge on any atom is -0.372 e. The minimum absolute atomic E-state index is 0.0514. The van der Waals surface area contributed by atoms with Gasteiger partial charge in [0.2, 0.25) is 5.91 Å². The number of anilines is 2. The van der Waals surface area contributed by atoms with Gasteiger partial charge in [0.1, 0.15) is 0 Å². The first-order valence-electron chi connectivity index (χ1n) is 10.0. The van der Waals surface area contributed by atoms with E-state index in [1.165, 1.54) is 11.8 Å². The fraction of sp³-hybridized carbons (Fsp3) is 0.476. The standard InChI is InChI=1S/C21H29N5O2/c1-2-25(18-9-4-3-5-10-18)13-7-11-22-21(28)17-8-6-12-26(16-17)19-14-20(27)24-23-15-19/h3-5,9-10,14-15,17H,2,6-8,11-13,16H2,1H3,(H,22,28)(H,24,27). The molecule has 0 bridgehead atoms. The van der Waals surface area contributed by atoms with Crippen molar-refractivity contribution in [2.24, 2.45) is 5.92 Å². The number of carbonyl (C=O) groups excluding carboxylic acids is 1. The van der Waals surface area contributed by atoms with Crippen LogP contribution in [0.4, 0.5) is 11.4 Å². The highest BCUT2D eigenvalue weighted by Gasteiger charge is 2.26. The SMILES string of the molecule is CCN(CCCNC(=O)C1CCCN(c2cn[nH]c(=O)c2)C1)c1ccccc1. The minimum atomic E-state index is -0.219. The molecular weight excluding hydrogens is 354 g/mol. The Morgan fingerprint density at radius 1 is 1.36 bits per heavy atom. The Balaban J connectivity index is 1.45. The summed E-state index contributed by atoms with van der Waals surface area (Å²) in [4.78, 5) is 28.5. The van der Waals surface area contributed by atoms with Crippen LogP contribution in [0.2, 0.25) is 0 Å². The maximum Gasteiger partial charge on any atom is 0.266 e. The Bertz CT molecular complexity index is 808. The molecule has 1 aromatic heterocycles. The van der Waals surface area contributed by atoms with Gasteiger partial charge in [0.05, 0.1) is 17.8 Å². The fourth-order valence-electron chi connectivity index (χ4n) is 3.70. The molecule has 2 aromatic rings. The number of carbonyl (C=O) groups is 1. The van der Waals surface area contributed by atoms with Crippen LogP contribution in [0.1, 0.15) is 26.2 Å². The molecule has 3 rings (SSSR count). The van der Waals surface area contributed by atoms with E-state index in [2.05, 4.69) is 44.4 Å². The maximum atomic E-state index is 12.6. The number of nitrogens with zero attached hydrogens (tertiary/aromatic N) is 3. The normalized spacial score (nSPS) is 16.6. The molecule has 7 nitrogen and oxygen atoms in total. The molecule has 1 fully saturated rings. The number of H-pyrrole nitrogens is 1. The highest BCUT2D eigenvalue weighted by Crippen LogP contribution is 2.21. The second kappa shape index (κ2) is 9.92. The number of aromatic nitrogens is 2. The molecule has 1 aliphatic heterocycles. The van der Waals surface area contributed by atoms with E-state index in [0.29, 0.717) is 13.1 Å². The Labute approximate surface area is 165 Å². The van der Waals surface area contributed by atoms with Crippen molar-refractivity contribution in [3.8, 4) is 0 Å². The average molecular weight is 383 g/mol. The molecule has 7 heteroatoms. The zero-order chi connectivity index (χ0) is 19.8. The number of piperidine rings is 1. The summed E-state index contributed by atoms with van der Waals surface area (Å²) in [5.74, 6) is 0.0506. The van der Waals surface area contributed by atoms with Crippen molar-refractivity contribution in [2.45, 2.75) is 26.2 Å². The van der Waals surface area contributed by atoms with Crippen LogP contribution in [0.25, 0.3) is 0 Å². The van der Waals surface area contributed by atoms with Gasteiger partial charge >= 0.3 is 0 Å². The molecule has 0 radical (unpaired) electrons. The number of aromatic amines is 1.